The van der Waals surface area contributed by atoms with E-state index < -0.39 is 24.6 Å². The summed E-state index contributed by atoms with van der Waals surface area (Å²) < 4.78 is 46.9. The van der Waals surface area contributed by atoms with Crippen LogP contribution in [0.2, 0.25) is 0 Å². The zero-order chi connectivity index (χ0) is 30.4. The van der Waals surface area contributed by atoms with E-state index in [0.29, 0.717) is 13.2 Å². The molecule has 0 aromatic heterocycles. The average Bonchev–Trinajstić information content (AvgIpc) is 2.92. The third kappa shape index (κ3) is 32.6. The third-order valence-corrected chi connectivity index (χ3v) is 3.34. The number of carbonyl (C=O) groups is 4. The van der Waals surface area contributed by atoms with E-state index in [1.165, 1.54) is 12.2 Å². The molecule has 0 atom stereocenters. The Morgan fingerprint density at radius 2 is 0.750 bits per heavy atom. The van der Waals surface area contributed by atoms with Gasteiger partial charge in [-0.05, 0) is 0 Å². The fraction of sp³-hybridized carbons (Fsp3) is 0.500. The van der Waals surface area contributed by atoms with Crippen molar-refractivity contribution in [1.82, 2.24) is 0 Å². The number of hydrogen-bond acceptors (Lipinski definition) is 14. The maximum absolute atomic E-state index is 10.9. The van der Waals surface area contributed by atoms with Crippen molar-refractivity contribution >= 4 is 47.8 Å². The second-order valence-corrected chi connectivity index (χ2v) is 7.50. The summed E-state index contributed by atoms with van der Waals surface area (Å²) in [6.45, 7) is 14.3. The molecule has 0 amide bonds. The molecule has 0 aromatic rings. The minimum absolute atomic E-state index is 0.0915. The number of hydrogen-bond donors (Lipinski definition) is 0. The van der Waals surface area contributed by atoms with Gasteiger partial charge in [0.2, 0.25) is 0 Å². The van der Waals surface area contributed by atoms with Crippen molar-refractivity contribution in [3.63, 3.8) is 0 Å². The van der Waals surface area contributed by atoms with E-state index in [1.807, 2.05) is 0 Å². The van der Waals surface area contributed by atoms with Crippen LogP contribution in [-0.2, 0) is 47.4 Å². The Morgan fingerprint density at radius 3 is 1.05 bits per heavy atom. The molecule has 0 rings (SSSR count). The van der Waals surface area contributed by atoms with Crippen molar-refractivity contribution < 1.29 is 66.5 Å². The SMILES string of the molecule is C=C(Cl)COC(=O)OCCOC(=O)OCC(=C)Cl.C=CCOC(=O)OCCOCCOCCOC(=O)OCC=C. The third-order valence-electron chi connectivity index (χ3n) is 3.12. The summed E-state index contributed by atoms with van der Waals surface area (Å²) >= 11 is 10.7. The maximum atomic E-state index is 10.9. The summed E-state index contributed by atoms with van der Waals surface area (Å²) in [7, 11) is 0. The molecular formula is C24H34Cl2O14. The monoisotopic (exact) mass is 616 g/mol. The van der Waals surface area contributed by atoms with Crippen LogP contribution < -0.4 is 0 Å². The van der Waals surface area contributed by atoms with Crippen LogP contribution in [0.1, 0.15) is 0 Å². The highest BCUT2D eigenvalue weighted by atomic mass is 35.5. The molecule has 0 aliphatic carbocycles. The molecule has 16 heteroatoms. The summed E-state index contributed by atoms with van der Waals surface area (Å²) in [6, 6.07) is 0. The lowest BCUT2D eigenvalue weighted by atomic mass is 10.7. The van der Waals surface area contributed by atoms with Gasteiger partial charge in [0, 0.05) is 10.1 Å². The predicted molar refractivity (Wildman–Crippen MR) is 141 cm³/mol. The fourth-order valence-electron chi connectivity index (χ4n) is 1.63. The van der Waals surface area contributed by atoms with Crippen LogP contribution in [0.15, 0.2) is 48.5 Å². The van der Waals surface area contributed by atoms with Gasteiger partial charge in [0.15, 0.2) is 0 Å². The van der Waals surface area contributed by atoms with Gasteiger partial charge in [0.25, 0.3) is 0 Å². The van der Waals surface area contributed by atoms with Crippen LogP contribution in [0.5, 0.6) is 0 Å². The van der Waals surface area contributed by atoms with E-state index in [4.69, 9.17) is 42.1 Å². The summed E-state index contributed by atoms with van der Waals surface area (Å²) in [6.07, 6.45) is -0.526. The first-order valence-corrected chi connectivity index (χ1v) is 12.1. The molecule has 0 unspecified atom stereocenters. The minimum atomic E-state index is -0.942. The first-order valence-electron chi connectivity index (χ1n) is 11.3. The first kappa shape index (κ1) is 38.7. The smallest absolute Gasteiger partial charge is 0.432 e. The molecule has 40 heavy (non-hydrogen) atoms. The second-order valence-electron chi connectivity index (χ2n) is 6.43. The van der Waals surface area contributed by atoms with Gasteiger partial charge < -0.3 is 47.4 Å². The molecule has 0 saturated carbocycles. The van der Waals surface area contributed by atoms with Gasteiger partial charge in [0.1, 0.15) is 52.9 Å². The van der Waals surface area contributed by atoms with Gasteiger partial charge in [-0.1, -0.05) is 61.7 Å². The lowest BCUT2D eigenvalue weighted by Gasteiger charge is -2.07. The molecule has 0 spiro atoms. The highest BCUT2D eigenvalue weighted by Crippen LogP contribution is 1.99. The second kappa shape index (κ2) is 28.5. The van der Waals surface area contributed by atoms with Crippen molar-refractivity contribution in [2.45, 2.75) is 0 Å². The van der Waals surface area contributed by atoms with E-state index in [2.05, 4.69) is 54.7 Å². The molecule has 0 bridgehead atoms. The van der Waals surface area contributed by atoms with Crippen molar-refractivity contribution in [2.75, 3.05) is 79.3 Å². The number of halogens is 2. The highest BCUT2D eigenvalue weighted by Gasteiger charge is 2.07. The van der Waals surface area contributed by atoms with Gasteiger partial charge in [-0.15, -0.1) is 0 Å². The molecule has 0 aliphatic heterocycles. The molecule has 0 radical (unpaired) electrons. The van der Waals surface area contributed by atoms with Crippen molar-refractivity contribution in [3.8, 4) is 0 Å². The molecule has 0 heterocycles. The standard InChI is InChI=1S/C14H22O8.C10H12Cl2O6/c1-3-5-19-13(15)21-11-9-17-7-8-18-10-12-22-14(16)20-6-4-2;1-7(11)5-17-9(13)15-3-4-16-10(14)18-6-8(2)12/h3-4H,1-2,5-12H2;1-6H2. The van der Waals surface area contributed by atoms with Crippen LogP contribution in [0.4, 0.5) is 19.2 Å². The predicted octanol–water partition coefficient (Wildman–Crippen LogP) is 4.50. The number of ether oxygens (including phenoxy) is 10. The Bertz CT molecular complexity index is 724. The minimum Gasteiger partial charge on any atom is -0.432 e. The van der Waals surface area contributed by atoms with Crippen LogP contribution in [-0.4, -0.2) is 104 Å². The molecule has 0 aliphatic rings. The lowest BCUT2D eigenvalue weighted by molar-refractivity contribution is -0.00224. The maximum Gasteiger partial charge on any atom is 0.508 e. The lowest BCUT2D eigenvalue weighted by Crippen LogP contribution is -2.16. The van der Waals surface area contributed by atoms with Crippen molar-refractivity contribution in [1.29, 1.82) is 0 Å². The molecule has 0 saturated heterocycles. The molecule has 0 N–H and O–H groups in total. The largest absolute Gasteiger partial charge is 0.508 e. The summed E-state index contributed by atoms with van der Waals surface area (Å²) in [5.74, 6) is 0. The average molecular weight is 617 g/mol. The van der Waals surface area contributed by atoms with Crippen molar-refractivity contribution in [2.24, 2.45) is 0 Å². The Balaban J connectivity index is 0. The highest BCUT2D eigenvalue weighted by molar-refractivity contribution is 6.29. The topological polar surface area (TPSA) is 161 Å². The van der Waals surface area contributed by atoms with E-state index in [0.717, 1.165) is 0 Å². The van der Waals surface area contributed by atoms with Gasteiger partial charge in [-0.3, -0.25) is 0 Å². The fourth-order valence-corrected chi connectivity index (χ4v) is 1.74. The Labute approximate surface area is 242 Å². The van der Waals surface area contributed by atoms with Gasteiger partial charge in [-0.25, -0.2) is 19.2 Å². The van der Waals surface area contributed by atoms with E-state index in [-0.39, 0.29) is 76.1 Å². The van der Waals surface area contributed by atoms with Gasteiger partial charge in [-0.2, -0.15) is 0 Å². The van der Waals surface area contributed by atoms with Crippen LogP contribution in [0, 0.1) is 0 Å². The van der Waals surface area contributed by atoms with Gasteiger partial charge >= 0.3 is 24.6 Å². The molecule has 228 valence electrons. The molecular weight excluding hydrogens is 583 g/mol. The van der Waals surface area contributed by atoms with Crippen LogP contribution in [0.3, 0.4) is 0 Å². The zero-order valence-corrected chi connectivity index (χ0v) is 23.5. The van der Waals surface area contributed by atoms with Crippen molar-refractivity contribution in [3.05, 3.63) is 48.5 Å². The Morgan fingerprint density at radius 1 is 0.475 bits per heavy atom. The zero-order valence-electron chi connectivity index (χ0n) is 21.9. The Hall–Kier alpha value is -3.46. The van der Waals surface area contributed by atoms with E-state index >= 15 is 0 Å². The van der Waals surface area contributed by atoms with Crippen LogP contribution in [0.25, 0.3) is 0 Å². The van der Waals surface area contributed by atoms with Crippen LogP contribution >= 0.6 is 23.2 Å². The summed E-state index contributed by atoms with van der Waals surface area (Å²) in [5, 5.41) is 0.321. The van der Waals surface area contributed by atoms with Gasteiger partial charge in [0.05, 0.1) is 26.4 Å². The first-order chi connectivity index (χ1) is 19.1. The van der Waals surface area contributed by atoms with E-state index in [1.54, 1.807) is 0 Å². The normalized spacial score (nSPS) is 9.45. The quantitative estimate of drug-likeness (QED) is 0.0813. The number of rotatable bonds is 20. The summed E-state index contributed by atoms with van der Waals surface area (Å²) in [4.78, 5) is 43.5. The Kier molecular flexibility index (Phi) is 27.6. The summed E-state index contributed by atoms with van der Waals surface area (Å²) in [5.41, 5.74) is 0. The molecule has 0 fully saturated rings. The van der Waals surface area contributed by atoms with E-state index in [9.17, 15) is 19.2 Å². The number of carbonyl (C=O) groups excluding carboxylic acids is 4. The molecule has 0 aromatic carbocycles. The molecule has 14 nitrogen and oxygen atoms in total.